The first-order chi connectivity index (χ1) is 21.2. The van der Waals surface area contributed by atoms with E-state index in [1.165, 1.54) is 44.0 Å². The smallest absolute Gasteiger partial charge is 0.350 e. The lowest BCUT2D eigenvalue weighted by Gasteiger charge is -2.41. The second kappa shape index (κ2) is 11.8. The third-order valence-corrected chi connectivity index (χ3v) is 11.5. The maximum Gasteiger partial charge on any atom is 0.350 e. The van der Waals surface area contributed by atoms with Gasteiger partial charge in [0.1, 0.15) is 17.5 Å². The van der Waals surface area contributed by atoms with E-state index in [0.717, 1.165) is 36.8 Å². The minimum atomic E-state index is -0.704. The van der Waals surface area contributed by atoms with Gasteiger partial charge in [-0.1, -0.05) is 18.2 Å². The Hall–Kier alpha value is -2.95. The van der Waals surface area contributed by atoms with E-state index in [1.807, 2.05) is 6.92 Å². The third kappa shape index (κ3) is 5.12. The molecule has 0 N–H and O–H groups in total. The zero-order chi connectivity index (χ0) is 30.7. The van der Waals surface area contributed by atoms with Gasteiger partial charge >= 0.3 is 5.69 Å². The molecular weight excluding hydrogens is 604 g/mol. The lowest BCUT2D eigenvalue weighted by molar-refractivity contribution is -0.126. The Labute approximate surface area is 264 Å². The quantitative estimate of drug-likeness (QED) is 0.290. The van der Waals surface area contributed by atoms with Crippen LogP contribution in [0.2, 0.25) is 5.02 Å². The lowest BCUT2D eigenvalue weighted by atomic mass is 10.0. The molecule has 4 heterocycles. The van der Waals surface area contributed by atoms with Gasteiger partial charge in [-0.25, -0.2) is 13.6 Å². The molecule has 1 aromatic heterocycles. The van der Waals surface area contributed by atoms with Crippen LogP contribution in [-0.4, -0.2) is 75.8 Å². The summed E-state index contributed by atoms with van der Waals surface area (Å²) in [5.41, 5.74) is 1.02. The zero-order valence-electron chi connectivity index (χ0n) is 24.8. The Morgan fingerprint density at radius 1 is 1.20 bits per heavy atom. The van der Waals surface area contributed by atoms with Crippen LogP contribution >= 0.6 is 23.4 Å². The van der Waals surface area contributed by atoms with Gasteiger partial charge in [0.25, 0.3) is 0 Å². The summed E-state index contributed by atoms with van der Waals surface area (Å²) < 4.78 is 30.9. The Morgan fingerprint density at radius 3 is 2.75 bits per heavy atom. The van der Waals surface area contributed by atoms with E-state index < -0.39 is 11.6 Å². The standard InChI is InChI=1S/C33H36ClF2N5O2S/c1-3-28(42)39-11-12-40(19(2)16-39)32-25-15-26(34)29(24-9-7-21(35)14-27(24)36)31-30(25)41(33(43)37-32)23(18-44-31)5-4-10-38-17-20-6-8-22(38)13-20/h3,7,9,14-15,19-20,22-23H,1,4-6,8,10-13,16-18H2,2H3/t19?,20?,22-,23-/m1/s1. The Morgan fingerprint density at radius 2 is 2.05 bits per heavy atom. The largest absolute Gasteiger partial charge is 0.350 e. The number of nitrogens with zero attached hydrogens (tertiary/aromatic N) is 5. The van der Waals surface area contributed by atoms with Crippen LogP contribution in [0.25, 0.3) is 22.0 Å². The molecular formula is C33H36ClF2N5O2S. The number of carbonyl (C=O) groups excluding carboxylic acids is 1. The van der Waals surface area contributed by atoms with Gasteiger partial charge in [0.2, 0.25) is 5.91 Å². The fourth-order valence-electron chi connectivity index (χ4n) is 7.87. The topological polar surface area (TPSA) is 61.7 Å². The maximum atomic E-state index is 15.2. The van der Waals surface area contributed by atoms with Gasteiger partial charge in [0.05, 0.1) is 10.5 Å². The molecule has 44 heavy (non-hydrogen) atoms. The summed E-state index contributed by atoms with van der Waals surface area (Å²) in [4.78, 5) is 38.1. The number of thioether (sulfide) groups is 1. The first-order valence-corrected chi connectivity index (χ1v) is 16.9. The average molecular weight is 640 g/mol. The molecule has 232 valence electrons. The molecule has 4 atom stereocenters. The van der Waals surface area contributed by atoms with Crippen LogP contribution in [0.4, 0.5) is 14.6 Å². The average Bonchev–Trinajstić information content (AvgIpc) is 3.63. The summed E-state index contributed by atoms with van der Waals surface area (Å²) in [6, 6.07) is 5.79. The number of anilines is 1. The molecule has 2 unspecified atom stereocenters. The van der Waals surface area contributed by atoms with Gasteiger partial charge < -0.3 is 14.7 Å². The molecule has 2 bridgehead atoms. The third-order valence-electron chi connectivity index (χ3n) is 9.97. The second-order valence-corrected chi connectivity index (χ2v) is 14.1. The van der Waals surface area contributed by atoms with Crippen molar-refractivity contribution in [1.29, 1.82) is 0 Å². The number of likely N-dealkylation sites (tertiary alicyclic amines) is 1. The Kier molecular flexibility index (Phi) is 7.95. The molecule has 1 saturated carbocycles. The molecule has 0 radical (unpaired) electrons. The predicted molar refractivity (Wildman–Crippen MR) is 172 cm³/mol. The highest BCUT2D eigenvalue weighted by Gasteiger charge is 2.38. The number of piperazine rings is 1. The summed E-state index contributed by atoms with van der Waals surface area (Å²) in [5, 5.41) is 1.04. The Balaban J connectivity index is 1.31. The van der Waals surface area contributed by atoms with Crippen LogP contribution in [-0.2, 0) is 4.79 Å². The number of amides is 1. The van der Waals surface area contributed by atoms with E-state index in [2.05, 4.69) is 21.4 Å². The van der Waals surface area contributed by atoms with E-state index in [4.69, 9.17) is 11.6 Å². The molecule has 7 rings (SSSR count). The van der Waals surface area contributed by atoms with Crippen LogP contribution in [0.1, 0.15) is 45.1 Å². The molecule has 2 saturated heterocycles. The molecule has 3 aromatic rings. The van der Waals surface area contributed by atoms with Gasteiger partial charge in [-0.05, 0) is 75.8 Å². The van der Waals surface area contributed by atoms with Crippen LogP contribution in [0.5, 0.6) is 0 Å². The van der Waals surface area contributed by atoms with Gasteiger partial charge in [-0.2, -0.15) is 4.98 Å². The fraction of sp³-hybridized carbons (Fsp3) is 0.485. The number of aromatic nitrogens is 2. The van der Waals surface area contributed by atoms with E-state index in [0.29, 0.717) is 58.2 Å². The molecule has 4 aliphatic rings. The molecule has 3 fully saturated rings. The monoisotopic (exact) mass is 639 g/mol. The molecule has 3 aliphatic heterocycles. The first kappa shape index (κ1) is 29.7. The van der Waals surface area contributed by atoms with Crippen LogP contribution in [0, 0.1) is 17.6 Å². The first-order valence-electron chi connectivity index (χ1n) is 15.5. The van der Waals surface area contributed by atoms with E-state index in [1.54, 1.807) is 27.3 Å². The Bertz CT molecular complexity index is 1720. The van der Waals surface area contributed by atoms with Crippen LogP contribution < -0.4 is 10.6 Å². The minimum absolute atomic E-state index is 0.0737. The molecule has 1 aliphatic carbocycles. The van der Waals surface area contributed by atoms with Crippen molar-refractivity contribution in [2.75, 3.05) is 43.4 Å². The van der Waals surface area contributed by atoms with Crippen molar-refractivity contribution in [3.63, 3.8) is 0 Å². The van der Waals surface area contributed by atoms with Crippen LogP contribution in [0.3, 0.4) is 0 Å². The van der Waals surface area contributed by atoms with Gasteiger partial charge in [0, 0.05) is 77.5 Å². The van der Waals surface area contributed by atoms with E-state index >= 15 is 4.39 Å². The summed E-state index contributed by atoms with van der Waals surface area (Å²) in [6.07, 6.45) is 7.08. The van der Waals surface area contributed by atoms with Crippen molar-refractivity contribution in [2.24, 2.45) is 5.92 Å². The number of hydrogen-bond acceptors (Lipinski definition) is 6. The highest BCUT2D eigenvalue weighted by Crippen LogP contribution is 2.49. The maximum absolute atomic E-state index is 15.2. The minimum Gasteiger partial charge on any atom is -0.350 e. The zero-order valence-corrected chi connectivity index (χ0v) is 26.3. The number of carbonyl (C=O) groups is 1. The van der Waals surface area contributed by atoms with Crippen molar-refractivity contribution in [3.05, 3.63) is 64.1 Å². The molecule has 11 heteroatoms. The highest BCUT2D eigenvalue weighted by molar-refractivity contribution is 7.99. The number of hydrogen-bond donors (Lipinski definition) is 0. The number of piperidine rings is 1. The molecule has 1 amide bonds. The van der Waals surface area contributed by atoms with Crippen molar-refractivity contribution >= 4 is 46.0 Å². The van der Waals surface area contributed by atoms with Gasteiger partial charge in [-0.3, -0.25) is 9.36 Å². The van der Waals surface area contributed by atoms with Gasteiger partial charge in [0.15, 0.2) is 0 Å². The molecule has 0 spiro atoms. The second-order valence-electron chi connectivity index (χ2n) is 12.6. The van der Waals surface area contributed by atoms with Crippen molar-refractivity contribution < 1.29 is 13.6 Å². The van der Waals surface area contributed by atoms with E-state index in [9.17, 15) is 14.0 Å². The van der Waals surface area contributed by atoms with Crippen molar-refractivity contribution in [3.8, 4) is 11.1 Å². The molecule has 7 nitrogen and oxygen atoms in total. The summed E-state index contributed by atoms with van der Waals surface area (Å²) in [6.45, 7) is 9.24. The van der Waals surface area contributed by atoms with Crippen molar-refractivity contribution in [1.82, 2.24) is 19.4 Å². The van der Waals surface area contributed by atoms with Crippen LogP contribution in [0.15, 0.2) is 46.6 Å². The number of fused-ring (bicyclic) bond motifs is 2. The SMILES string of the molecule is C=CC(=O)N1CCN(c2nc(=O)n3c4c(c(-c5ccc(F)cc5F)c(Cl)cc24)SC[C@H]3CCCN2CC3CC[C@@H]2C3)C(C)C1. The number of halogens is 3. The predicted octanol–water partition coefficient (Wildman–Crippen LogP) is 6.13. The fourth-order valence-corrected chi connectivity index (χ4v) is 9.61. The number of rotatable bonds is 7. The van der Waals surface area contributed by atoms with Crippen molar-refractivity contribution in [2.45, 2.75) is 62.0 Å². The van der Waals surface area contributed by atoms with E-state index in [-0.39, 0.29) is 29.2 Å². The molecule has 2 aromatic carbocycles. The lowest BCUT2D eigenvalue weighted by Crippen LogP contribution is -2.54. The summed E-state index contributed by atoms with van der Waals surface area (Å²) in [7, 11) is 0. The highest BCUT2D eigenvalue weighted by atomic mass is 35.5. The number of benzene rings is 2. The summed E-state index contributed by atoms with van der Waals surface area (Å²) in [5.74, 6) is 0.487. The summed E-state index contributed by atoms with van der Waals surface area (Å²) >= 11 is 8.50. The van der Waals surface area contributed by atoms with Gasteiger partial charge in [-0.15, -0.1) is 11.8 Å². The normalized spacial score (nSPS) is 24.8.